The summed E-state index contributed by atoms with van der Waals surface area (Å²) in [7, 11) is 0. The third-order valence-corrected chi connectivity index (χ3v) is 5.92. The Morgan fingerprint density at radius 1 is 1.00 bits per heavy atom. The lowest BCUT2D eigenvalue weighted by molar-refractivity contribution is -0.384. The first-order valence-corrected chi connectivity index (χ1v) is 11.9. The fourth-order valence-electron chi connectivity index (χ4n) is 3.34. The number of rotatable bonds is 8. The summed E-state index contributed by atoms with van der Waals surface area (Å²) in [6.07, 6.45) is 0. The molecule has 0 fully saturated rings. The summed E-state index contributed by atoms with van der Waals surface area (Å²) < 4.78 is 17.1. The van der Waals surface area contributed by atoms with Gasteiger partial charge in [-0.05, 0) is 55.3 Å². The summed E-state index contributed by atoms with van der Waals surface area (Å²) in [5.74, 6) is 0.647. The van der Waals surface area contributed by atoms with Gasteiger partial charge in [-0.25, -0.2) is 0 Å². The first kappa shape index (κ1) is 26.3. The number of hydrogen-bond acceptors (Lipinski definition) is 6. The van der Waals surface area contributed by atoms with E-state index >= 15 is 0 Å². The monoisotopic (exact) mass is 560 g/mol. The van der Waals surface area contributed by atoms with Gasteiger partial charge in [-0.3, -0.25) is 14.9 Å². The van der Waals surface area contributed by atoms with Gasteiger partial charge in [0.25, 0.3) is 11.6 Å². The molecule has 0 bridgehead atoms. The molecule has 11 heteroatoms. The maximum Gasteiger partial charge on any atom is 0.291 e. The maximum atomic E-state index is 12.8. The van der Waals surface area contributed by atoms with Crippen molar-refractivity contribution in [1.82, 2.24) is 0 Å². The van der Waals surface area contributed by atoms with Gasteiger partial charge in [0.1, 0.15) is 23.9 Å². The van der Waals surface area contributed by atoms with Crippen molar-refractivity contribution in [1.29, 1.82) is 0 Å². The summed E-state index contributed by atoms with van der Waals surface area (Å²) in [5.41, 5.74) is 1.74. The van der Waals surface area contributed by atoms with E-state index in [0.29, 0.717) is 16.5 Å². The number of furan rings is 1. The molecule has 0 aliphatic rings. The van der Waals surface area contributed by atoms with Crippen molar-refractivity contribution in [2.24, 2.45) is 0 Å². The number of hydrogen-bond donors (Lipinski definition) is 1. The smallest absolute Gasteiger partial charge is 0.291 e. The molecule has 1 heterocycles. The van der Waals surface area contributed by atoms with Gasteiger partial charge in [-0.2, -0.15) is 0 Å². The highest BCUT2D eigenvalue weighted by molar-refractivity contribution is 6.40. The second-order valence-electron chi connectivity index (χ2n) is 8.05. The molecule has 37 heavy (non-hydrogen) atoms. The normalized spacial score (nSPS) is 10.7. The molecule has 0 saturated heterocycles. The molecule has 1 amide bonds. The molecule has 0 unspecified atom stereocenters. The zero-order valence-corrected chi connectivity index (χ0v) is 21.8. The minimum absolute atomic E-state index is 0.0320. The molecule has 0 spiro atoms. The van der Waals surface area contributed by atoms with Crippen LogP contribution in [0.3, 0.4) is 0 Å². The van der Waals surface area contributed by atoms with Crippen LogP contribution in [-0.4, -0.2) is 10.8 Å². The van der Waals surface area contributed by atoms with E-state index in [1.54, 1.807) is 6.07 Å². The zero-order chi connectivity index (χ0) is 26.7. The van der Waals surface area contributed by atoms with Gasteiger partial charge in [0, 0.05) is 17.2 Å². The van der Waals surface area contributed by atoms with Crippen molar-refractivity contribution in [2.45, 2.75) is 20.5 Å². The van der Waals surface area contributed by atoms with Crippen LogP contribution in [0.25, 0.3) is 0 Å². The largest absolute Gasteiger partial charge is 0.483 e. The lowest BCUT2D eigenvalue weighted by Gasteiger charge is -2.11. The van der Waals surface area contributed by atoms with Crippen LogP contribution in [0.1, 0.15) is 27.4 Å². The van der Waals surface area contributed by atoms with Crippen molar-refractivity contribution in [3.05, 3.63) is 108 Å². The van der Waals surface area contributed by atoms with Crippen LogP contribution in [0.5, 0.6) is 17.2 Å². The van der Waals surface area contributed by atoms with Gasteiger partial charge < -0.3 is 19.2 Å². The molecule has 0 radical (unpaired) electrons. The second-order valence-corrected chi connectivity index (χ2v) is 9.30. The molecule has 4 rings (SSSR count). The van der Waals surface area contributed by atoms with E-state index in [4.69, 9.17) is 48.7 Å². The number of benzene rings is 3. The highest BCUT2D eigenvalue weighted by atomic mass is 35.5. The van der Waals surface area contributed by atoms with Crippen LogP contribution in [0.15, 0.2) is 65.1 Å². The number of carbonyl (C=O) groups excluding carboxylic acids is 1. The summed E-state index contributed by atoms with van der Waals surface area (Å²) in [6, 6.07) is 15.6. The van der Waals surface area contributed by atoms with E-state index in [1.165, 1.54) is 36.4 Å². The van der Waals surface area contributed by atoms with Crippen LogP contribution >= 0.6 is 34.8 Å². The van der Waals surface area contributed by atoms with Crippen LogP contribution < -0.4 is 14.8 Å². The van der Waals surface area contributed by atoms with Gasteiger partial charge >= 0.3 is 0 Å². The molecule has 0 aliphatic carbocycles. The fraction of sp³-hybridized carbons (Fsp3) is 0.115. The van der Waals surface area contributed by atoms with Gasteiger partial charge in [0.2, 0.25) is 0 Å². The summed E-state index contributed by atoms with van der Waals surface area (Å²) in [4.78, 5) is 23.7. The fourth-order valence-corrected chi connectivity index (χ4v) is 4.27. The predicted molar refractivity (Wildman–Crippen MR) is 142 cm³/mol. The van der Waals surface area contributed by atoms with E-state index in [0.717, 1.165) is 11.1 Å². The number of nitro groups is 1. The molecule has 8 nitrogen and oxygen atoms in total. The number of aryl methyl sites for hydroxylation is 2. The SMILES string of the molecule is Cc1ccc(C)c(Oc2cc(NC(=O)c3ccc(COc4c(Cl)cc(Cl)cc4Cl)o3)cc([N+](=O)[O-])c2)c1. The van der Waals surface area contributed by atoms with Crippen molar-refractivity contribution in [2.75, 3.05) is 5.32 Å². The Morgan fingerprint density at radius 2 is 1.73 bits per heavy atom. The lowest BCUT2D eigenvalue weighted by Crippen LogP contribution is -2.11. The highest BCUT2D eigenvalue weighted by Gasteiger charge is 2.17. The van der Waals surface area contributed by atoms with E-state index < -0.39 is 10.8 Å². The number of nitrogens with one attached hydrogen (secondary N) is 1. The minimum atomic E-state index is -0.619. The van der Waals surface area contributed by atoms with Gasteiger partial charge in [-0.1, -0.05) is 46.9 Å². The Bertz CT molecular complexity index is 1480. The Morgan fingerprint density at radius 3 is 2.43 bits per heavy atom. The van der Waals surface area contributed by atoms with E-state index in [-0.39, 0.29) is 45.3 Å². The number of non-ortho nitro benzene ring substituents is 1. The Labute approximate surface area is 226 Å². The van der Waals surface area contributed by atoms with Crippen molar-refractivity contribution in [3.8, 4) is 17.2 Å². The van der Waals surface area contributed by atoms with E-state index in [1.807, 2.05) is 32.0 Å². The van der Waals surface area contributed by atoms with Gasteiger partial charge in [-0.15, -0.1) is 0 Å². The van der Waals surface area contributed by atoms with Gasteiger partial charge in [0.15, 0.2) is 11.5 Å². The quantitative estimate of drug-likeness (QED) is 0.171. The highest BCUT2D eigenvalue weighted by Crippen LogP contribution is 2.36. The molecule has 4 aromatic rings. The number of nitro benzene ring substituents is 1. The first-order valence-electron chi connectivity index (χ1n) is 10.8. The molecular formula is C26H19Cl3N2O6. The van der Waals surface area contributed by atoms with Gasteiger partial charge in [0.05, 0.1) is 26.7 Å². The summed E-state index contributed by atoms with van der Waals surface area (Å²) in [6.45, 7) is 3.72. The molecule has 190 valence electrons. The summed E-state index contributed by atoms with van der Waals surface area (Å²) >= 11 is 18.1. The van der Waals surface area contributed by atoms with E-state index in [2.05, 4.69) is 5.32 Å². The molecule has 1 N–H and O–H groups in total. The van der Waals surface area contributed by atoms with Crippen molar-refractivity contribution >= 4 is 52.1 Å². The number of amides is 1. The van der Waals surface area contributed by atoms with Crippen molar-refractivity contribution < 1.29 is 23.6 Å². The minimum Gasteiger partial charge on any atom is -0.483 e. The molecular weight excluding hydrogens is 543 g/mol. The van der Waals surface area contributed by atoms with Crippen LogP contribution in [0, 0.1) is 24.0 Å². The number of nitrogens with zero attached hydrogens (tertiary/aromatic N) is 1. The number of anilines is 1. The molecule has 0 atom stereocenters. The second kappa shape index (κ2) is 11.1. The third kappa shape index (κ3) is 6.54. The lowest BCUT2D eigenvalue weighted by atomic mass is 10.1. The zero-order valence-electron chi connectivity index (χ0n) is 19.5. The molecule has 0 aliphatic heterocycles. The van der Waals surface area contributed by atoms with Crippen molar-refractivity contribution in [3.63, 3.8) is 0 Å². The van der Waals surface area contributed by atoms with Crippen LogP contribution in [0.4, 0.5) is 11.4 Å². The van der Waals surface area contributed by atoms with Crippen LogP contribution in [-0.2, 0) is 6.61 Å². The topological polar surface area (TPSA) is 104 Å². The number of ether oxygens (including phenoxy) is 2. The standard InChI is InChI=1S/C26H19Cl3N2O6/c1-14-3-4-15(2)24(7-14)37-20-11-17(10-18(12-20)31(33)34)30-26(32)23-6-5-19(36-23)13-35-25-21(28)8-16(27)9-22(25)29/h3-12H,13H2,1-2H3,(H,30,32). The summed E-state index contributed by atoms with van der Waals surface area (Å²) in [5, 5.41) is 14.9. The Hall–Kier alpha value is -3.72. The Kier molecular flexibility index (Phi) is 7.92. The maximum absolute atomic E-state index is 12.8. The average Bonchev–Trinajstić information content (AvgIpc) is 3.30. The molecule has 3 aromatic carbocycles. The first-order chi connectivity index (χ1) is 17.6. The number of carbonyl (C=O) groups is 1. The number of halogens is 3. The molecule has 0 saturated carbocycles. The predicted octanol–water partition coefficient (Wildman–Crippen LogP) is 8.39. The Balaban J connectivity index is 1.49. The molecule has 1 aromatic heterocycles. The van der Waals surface area contributed by atoms with E-state index in [9.17, 15) is 14.9 Å². The third-order valence-electron chi connectivity index (χ3n) is 5.14. The average molecular weight is 562 g/mol. The van der Waals surface area contributed by atoms with Crippen LogP contribution in [0.2, 0.25) is 15.1 Å².